The molecule has 2 aromatic heterocycles. The van der Waals surface area contributed by atoms with Gasteiger partial charge in [-0.05, 0) is 35.2 Å². The van der Waals surface area contributed by atoms with Gasteiger partial charge < -0.3 is 20.2 Å². The molecule has 1 aliphatic heterocycles. The molecule has 1 fully saturated rings. The second-order valence-electron chi connectivity index (χ2n) is 11.5. The topological polar surface area (TPSA) is 181 Å². The minimum Gasteiger partial charge on any atom is -0.453 e. The molecule has 1 aliphatic rings. The van der Waals surface area contributed by atoms with Crippen molar-refractivity contribution in [2.45, 2.75) is 21.3 Å². The molecule has 1 N–H and O–H groups in total. The molecule has 1 saturated heterocycles. The summed E-state index contributed by atoms with van der Waals surface area (Å²) in [5.41, 5.74) is 0.0493. The number of nitriles is 1. The quantitative estimate of drug-likeness (QED) is 0.106. The number of sulfone groups is 1. The zero-order valence-corrected chi connectivity index (χ0v) is 29.2. The van der Waals surface area contributed by atoms with Crippen LogP contribution in [0.5, 0.6) is 5.88 Å². The van der Waals surface area contributed by atoms with Crippen LogP contribution in [0.25, 0.3) is 11.3 Å². The van der Waals surface area contributed by atoms with Crippen molar-refractivity contribution < 1.29 is 40.7 Å². The van der Waals surface area contributed by atoms with Gasteiger partial charge in [-0.3, -0.25) is 14.3 Å². The second kappa shape index (κ2) is 15.9. The molecule has 1 amide bonds. The third-order valence-corrected chi connectivity index (χ3v) is 10.6. The Morgan fingerprint density at radius 2 is 1.72 bits per heavy atom. The number of anilines is 2. The summed E-state index contributed by atoms with van der Waals surface area (Å²) in [4.78, 5) is 25.5. The summed E-state index contributed by atoms with van der Waals surface area (Å²) >= 11 is 1.03. The van der Waals surface area contributed by atoms with Gasteiger partial charge in [0.2, 0.25) is 5.91 Å². The van der Waals surface area contributed by atoms with E-state index in [0.717, 1.165) is 23.9 Å². The van der Waals surface area contributed by atoms with Gasteiger partial charge in [-0.25, -0.2) is 18.4 Å². The fourth-order valence-electron chi connectivity index (χ4n) is 5.37. The van der Waals surface area contributed by atoms with Crippen LogP contribution < -0.4 is 15.0 Å². The van der Waals surface area contributed by atoms with Gasteiger partial charge in [0.05, 0.1) is 27.1 Å². The number of halogens is 3. The maximum Gasteiger partial charge on any atom is 0.416 e. The lowest BCUT2D eigenvalue weighted by molar-refractivity contribution is -0.832. The smallest absolute Gasteiger partial charge is 0.416 e. The fourth-order valence-corrected chi connectivity index (χ4v) is 7.41. The molecule has 0 atom stereocenters. The first-order valence-electron chi connectivity index (χ1n) is 15.9. The van der Waals surface area contributed by atoms with Crippen LogP contribution in [0.1, 0.15) is 11.1 Å². The lowest BCUT2D eigenvalue weighted by Gasteiger charge is -2.34. The molecule has 19 heteroatoms. The summed E-state index contributed by atoms with van der Waals surface area (Å²) in [7, 11) is -4.25. The van der Waals surface area contributed by atoms with Crippen molar-refractivity contribution in [3.05, 3.63) is 101 Å². The number of aromatic nitrogens is 4. The van der Waals surface area contributed by atoms with Gasteiger partial charge in [-0.1, -0.05) is 66.4 Å². The van der Waals surface area contributed by atoms with Gasteiger partial charge in [0.15, 0.2) is 11.0 Å². The number of carbonyl (C=O) groups is 1. The number of nitrogens with zero attached hydrogens (tertiary/aromatic N) is 7. The van der Waals surface area contributed by atoms with E-state index in [4.69, 9.17) is 4.74 Å². The fraction of sp³-hybridized carbons (Fsp3) is 0.235. The van der Waals surface area contributed by atoms with E-state index in [9.17, 15) is 36.9 Å². The van der Waals surface area contributed by atoms with E-state index < -0.39 is 32.5 Å². The van der Waals surface area contributed by atoms with Crippen molar-refractivity contribution >= 4 is 39.0 Å². The Morgan fingerprint density at radius 1 is 1.02 bits per heavy atom. The predicted molar refractivity (Wildman–Crippen MR) is 184 cm³/mol. The van der Waals surface area contributed by atoms with E-state index in [-0.39, 0.29) is 56.0 Å². The number of rotatable bonds is 12. The Balaban J connectivity index is 1.07. The Labute approximate surface area is 305 Å². The van der Waals surface area contributed by atoms with Gasteiger partial charge in [-0.15, -0.1) is 0 Å². The van der Waals surface area contributed by atoms with Crippen LogP contribution in [-0.4, -0.2) is 84.3 Å². The zero-order chi connectivity index (χ0) is 37.6. The van der Waals surface area contributed by atoms with Crippen molar-refractivity contribution in [3.8, 4) is 23.2 Å². The summed E-state index contributed by atoms with van der Waals surface area (Å²) in [6.45, 7) is 2.05. The molecule has 3 aromatic carbocycles. The number of hydrogen-bond acceptors (Lipinski definition) is 13. The number of piperazine rings is 1. The standard InChI is InChI=1S/C34H29F3N8O6S2/c35-34(36,37)24-10-7-11-25(20-24)39-30-27(21-38)29(23-8-3-1-4-9-23)40-33(41-30)52-22-28(46)44-16-14-43(15-17-44)18-19-50-31-32(45(47)51-42-31)53(48,49)26-12-5-2-6-13-26/h1-13,20H,14-19,22H2,(H,39,40,41). The minimum absolute atomic E-state index is 0.00747. The molecule has 0 aliphatic carbocycles. The molecule has 6 rings (SSSR count). The number of thioether (sulfide) groups is 1. The van der Waals surface area contributed by atoms with Crippen LogP contribution in [0.15, 0.2) is 105 Å². The molecular formula is C34H29F3N8O6S2. The van der Waals surface area contributed by atoms with Crippen molar-refractivity contribution in [3.63, 3.8) is 0 Å². The molecule has 0 bridgehead atoms. The van der Waals surface area contributed by atoms with Crippen molar-refractivity contribution in [1.82, 2.24) is 24.9 Å². The molecule has 0 saturated carbocycles. The lowest BCUT2D eigenvalue weighted by Crippen LogP contribution is -2.50. The van der Waals surface area contributed by atoms with E-state index >= 15 is 0 Å². The summed E-state index contributed by atoms with van der Waals surface area (Å²) in [5.74, 6) is -0.715. The number of benzene rings is 3. The Hall–Kier alpha value is -5.71. The SMILES string of the molecule is N#Cc1c(Nc2cccc(C(F)(F)F)c2)nc(SCC(=O)N2CCN(CCOc3no[n+]([O-])c3S(=O)(=O)c3ccccc3)CC2)nc1-c1ccccc1. The number of hydrogen-bond donors (Lipinski definition) is 1. The molecular weight excluding hydrogens is 738 g/mol. The highest BCUT2D eigenvalue weighted by atomic mass is 32.2. The zero-order valence-electron chi connectivity index (χ0n) is 27.6. The highest BCUT2D eigenvalue weighted by Crippen LogP contribution is 2.34. The largest absolute Gasteiger partial charge is 0.453 e. The van der Waals surface area contributed by atoms with E-state index in [2.05, 4.69) is 31.1 Å². The van der Waals surface area contributed by atoms with Gasteiger partial charge in [-0.2, -0.15) is 18.4 Å². The summed E-state index contributed by atoms with van der Waals surface area (Å²) in [6, 6.07) is 22.7. The number of amides is 1. The Bertz CT molecular complexity index is 2230. The van der Waals surface area contributed by atoms with Gasteiger partial charge in [0.1, 0.15) is 18.2 Å². The van der Waals surface area contributed by atoms with Crippen molar-refractivity contribution in [2.75, 3.05) is 50.4 Å². The maximum atomic E-state index is 13.4. The molecule has 0 unspecified atom stereocenters. The molecule has 274 valence electrons. The predicted octanol–water partition coefficient (Wildman–Crippen LogP) is 4.55. The highest BCUT2D eigenvalue weighted by molar-refractivity contribution is 7.99. The van der Waals surface area contributed by atoms with E-state index in [1.807, 2.05) is 4.90 Å². The van der Waals surface area contributed by atoms with Crippen molar-refractivity contribution in [2.24, 2.45) is 0 Å². The van der Waals surface area contributed by atoms with Crippen LogP contribution in [0.3, 0.4) is 0 Å². The van der Waals surface area contributed by atoms with E-state index in [0.29, 0.717) is 38.3 Å². The second-order valence-corrected chi connectivity index (χ2v) is 14.3. The first-order chi connectivity index (χ1) is 25.4. The number of alkyl halides is 3. The molecule has 0 radical (unpaired) electrons. The van der Waals surface area contributed by atoms with Crippen molar-refractivity contribution in [1.29, 1.82) is 5.26 Å². The van der Waals surface area contributed by atoms with Gasteiger partial charge in [0, 0.05) is 44.0 Å². The molecule has 0 spiro atoms. The first kappa shape index (κ1) is 37.1. The minimum atomic E-state index is -4.57. The van der Waals surface area contributed by atoms with Gasteiger partial charge in [0.25, 0.3) is 9.84 Å². The van der Waals surface area contributed by atoms with Crippen LogP contribution >= 0.6 is 11.8 Å². The summed E-state index contributed by atoms with van der Waals surface area (Å²) in [5, 5.41) is 27.9. The van der Waals surface area contributed by atoms with Crippen LogP contribution in [-0.2, 0) is 20.8 Å². The monoisotopic (exact) mass is 766 g/mol. The molecule has 5 aromatic rings. The normalized spacial score (nSPS) is 13.7. The first-order valence-corrected chi connectivity index (χ1v) is 18.4. The van der Waals surface area contributed by atoms with E-state index in [1.54, 1.807) is 41.3 Å². The third kappa shape index (κ3) is 8.68. The van der Waals surface area contributed by atoms with E-state index in [1.165, 1.54) is 36.4 Å². The summed E-state index contributed by atoms with van der Waals surface area (Å²) in [6.07, 6.45) is -4.57. The molecule has 14 nitrogen and oxygen atoms in total. The lowest BCUT2D eigenvalue weighted by atomic mass is 10.1. The Morgan fingerprint density at radius 3 is 2.40 bits per heavy atom. The van der Waals surface area contributed by atoms with Crippen LogP contribution in [0.4, 0.5) is 24.7 Å². The average Bonchev–Trinajstić information content (AvgIpc) is 3.55. The third-order valence-electron chi connectivity index (χ3n) is 8.05. The highest BCUT2D eigenvalue weighted by Gasteiger charge is 2.36. The molecule has 3 heterocycles. The van der Waals surface area contributed by atoms with Crippen LogP contribution in [0, 0.1) is 16.5 Å². The van der Waals surface area contributed by atoms with Crippen LogP contribution in [0.2, 0.25) is 0 Å². The number of ether oxygens (including phenoxy) is 1. The maximum absolute atomic E-state index is 13.4. The number of nitrogens with one attached hydrogen (secondary N) is 1. The summed E-state index contributed by atoms with van der Waals surface area (Å²) < 4.78 is 76.2. The average molecular weight is 767 g/mol. The number of carbonyl (C=O) groups excluding carboxylic acids is 1. The Kier molecular flexibility index (Phi) is 11.1. The molecule has 53 heavy (non-hydrogen) atoms. The van der Waals surface area contributed by atoms with Gasteiger partial charge >= 0.3 is 17.1 Å².